The Morgan fingerprint density at radius 2 is 1.53 bits per heavy atom. The number of rotatable bonds is 8. The molecule has 3 rings (SSSR count). The number of halogens is 2. The highest BCUT2D eigenvalue weighted by Gasteiger charge is 2.24. The second kappa shape index (κ2) is 11.0. The van der Waals surface area contributed by atoms with Crippen molar-refractivity contribution in [3.8, 4) is 0 Å². The average molecular weight is 507 g/mol. The minimum Gasteiger partial charge on any atom is -0.462 e. The second-order valence-electron chi connectivity index (χ2n) is 6.66. The topological polar surface area (TPSA) is 68.3 Å². The fourth-order valence-corrected chi connectivity index (χ4v) is 6.73. The first-order valence-electron chi connectivity index (χ1n) is 9.71. The van der Waals surface area contributed by atoms with Gasteiger partial charge in [-0.2, -0.15) is 0 Å². The molecular weight excluding hydrogens is 486 g/mol. The van der Waals surface area contributed by atoms with E-state index in [0.29, 0.717) is 36.9 Å². The van der Waals surface area contributed by atoms with Crippen LogP contribution in [0.5, 0.6) is 0 Å². The maximum Gasteiger partial charge on any atom is 0.350 e. The highest BCUT2D eigenvalue weighted by atomic mass is 35.5. The van der Waals surface area contributed by atoms with Crippen molar-refractivity contribution in [1.82, 2.24) is 4.98 Å². The minimum absolute atomic E-state index is 0.252. The summed E-state index contributed by atoms with van der Waals surface area (Å²) in [6.45, 7) is 3.68. The summed E-state index contributed by atoms with van der Waals surface area (Å²) in [7, 11) is -3.48. The van der Waals surface area contributed by atoms with Gasteiger partial charge in [0.1, 0.15) is 4.88 Å². The molecule has 32 heavy (non-hydrogen) atoms. The standard InChI is InChI=1S/C23H21Cl2N2O3PS/c1-3-30-22(28)21-16(2)26-23(32-21)27-31(29,14-19(24)17-10-6-4-7-11-17)15-20(25)18-12-8-5-9-13-18/h4-15H,3H2,1-2H3,(H,26,27,29)/b19-14-,20-15+. The number of nitrogens with one attached hydrogen (secondary N) is 1. The molecule has 1 aromatic heterocycles. The summed E-state index contributed by atoms with van der Waals surface area (Å²) in [5.41, 5.74) is 1.91. The van der Waals surface area contributed by atoms with Crippen LogP contribution in [0.25, 0.3) is 10.1 Å². The summed E-state index contributed by atoms with van der Waals surface area (Å²) in [6.07, 6.45) is 0. The lowest BCUT2D eigenvalue weighted by molar-refractivity contribution is 0.0531. The normalized spacial score (nSPS) is 14.0. The molecule has 0 bridgehead atoms. The van der Waals surface area contributed by atoms with Crippen LogP contribution < -0.4 is 5.09 Å². The van der Waals surface area contributed by atoms with Gasteiger partial charge in [0.15, 0.2) is 5.13 Å². The Kier molecular flexibility index (Phi) is 8.32. The van der Waals surface area contributed by atoms with Crippen LogP contribution >= 0.6 is 41.8 Å². The van der Waals surface area contributed by atoms with Crippen LogP contribution in [0.2, 0.25) is 0 Å². The van der Waals surface area contributed by atoms with E-state index in [2.05, 4.69) is 10.1 Å². The van der Waals surface area contributed by atoms with E-state index in [0.717, 1.165) is 11.3 Å². The number of carbonyl (C=O) groups is 1. The van der Waals surface area contributed by atoms with Crippen LogP contribution in [0.4, 0.5) is 5.13 Å². The van der Waals surface area contributed by atoms with Gasteiger partial charge in [-0.3, -0.25) is 4.57 Å². The molecule has 0 aliphatic rings. The zero-order valence-electron chi connectivity index (χ0n) is 17.4. The lowest BCUT2D eigenvalue weighted by Crippen LogP contribution is -2.03. The highest BCUT2D eigenvalue weighted by Crippen LogP contribution is 2.54. The fourth-order valence-electron chi connectivity index (χ4n) is 2.76. The molecule has 166 valence electrons. The number of hydrogen-bond acceptors (Lipinski definition) is 5. The minimum atomic E-state index is -3.48. The van der Waals surface area contributed by atoms with Crippen molar-refractivity contribution in [2.45, 2.75) is 13.8 Å². The molecule has 1 atom stereocenters. The Morgan fingerprint density at radius 3 is 2.00 bits per heavy atom. The molecule has 5 nitrogen and oxygen atoms in total. The number of ether oxygens (including phenoxy) is 1. The Labute approximate surface area is 201 Å². The molecule has 0 radical (unpaired) electrons. The van der Waals surface area contributed by atoms with E-state index in [9.17, 15) is 9.36 Å². The third kappa shape index (κ3) is 6.33. The SMILES string of the molecule is CCOC(=O)c1sc(NP(=O)(/C=C(\Cl)c2ccccc2)/C=C(/Cl)c2ccccc2)nc1C. The first kappa shape index (κ1) is 24.3. The van der Waals surface area contributed by atoms with E-state index in [1.165, 1.54) is 11.6 Å². The molecule has 0 amide bonds. The number of nitrogens with zero attached hydrogens (tertiary/aromatic N) is 1. The molecule has 0 saturated carbocycles. The Bertz CT molecular complexity index is 1130. The number of thiazole rings is 1. The zero-order chi connectivity index (χ0) is 23.1. The summed E-state index contributed by atoms with van der Waals surface area (Å²) >= 11 is 14.1. The number of aromatic nitrogens is 1. The molecule has 0 aliphatic heterocycles. The summed E-state index contributed by atoms with van der Waals surface area (Å²) < 4.78 is 19.0. The van der Waals surface area contributed by atoms with Gasteiger partial charge >= 0.3 is 5.97 Å². The molecule has 0 fully saturated rings. The van der Waals surface area contributed by atoms with Crippen LogP contribution in [0, 0.1) is 6.92 Å². The van der Waals surface area contributed by atoms with Crippen molar-refractivity contribution in [1.29, 1.82) is 0 Å². The Hall–Kier alpha value is -2.37. The molecular formula is C23H21Cl2N2O3PS. The number of anilines is 1. The van der Waals surface area contributed by atoms with E-state index >= 15 is 0 Å². The van der Waals surface area contributed by atoms with Gasteiger partial charge in [0, 0.05) is 11.6 Å². The predicted octanol–water partition coefficient (Wildman–Crippen LogP) is 7.79. The quantitative estimate of drug-likeness (QED) is 0.249. The largest absolute Gasteiger partial charge is 0.462 e. The molecule has 3 aromatic rings. The third-order valence-corrected chi connectivity index (χ3v) is 8.25. The summed E-state index contributed by atoms with van der Waals surface area (Å²) in [4.78, 5) is 16.8. The second-order valence-corrected chi connectivity index (χ2v) is 10.6. The third-order valence-electron chi connectivity index (χ3n) is 4.24. The number of benzene rings is 2. The van der Waals surface area contributed by atoms with Crippen LogP contribution in [0.3, 0.4) is 0 Å². The van der Waals surface area contributed by atoms with Gasteiger partial charge in [0.05, 0.1) is 22.4 Å². The van der Waals surface area contributed by atoms with Gasteiger partial charge in [-0.25, -0.2) is 9.78 Å². The predicted molar refractivity (Wildman–Crippen MR) is 135 cm³/mol. The summed E-state index contributed by atoms with van der Waals surface area (Å²) in [5, 5.41) is 3.85. The van der Waals surface area contributed by atoms with Crippen LogP contribution in [-0.2, 0) is 9.30 Å². The lowest BCUT2D eigenvalue weighted by Gasteiger charge is -2.13. The number of hydrogen-bond donors (Lipinski definition) is 1. The van der Waals surface area contributed by atoms with Gasteiger partial charge in [-0.1, -0.05) is 95.2 Å². The highest BCUT2D eigenvalue weighted by molar-refractivity contribution is 7.72. The Balaban J connectivity index is 2.02. The molecule has 0 spiro atoms. The first-order chi connectivity index (χ1) is 15.3. The van der Waals surface area contributed by atoms with E-state index in [4.69, 9.17) is 27.9 Å². The maximum absolute atomic E-state index is 14.0. The molecule has 0 aliphatic carbocycles. The van der Waals surface area contributed by atoms with E-state index in [1.807, 2.05) is 60.7 Å². The van der Waals surface area contributed by atoms with Crippen LogP contribution in [0.15, 0.2) is 72.3 Å². The van der Waals surface area contributed by atoms with Crippen LogP contribution in [0.1, 0.15) is 33.4 Å². The number of carbonyl (C=O) groups excluding carboxylic acids is 1. The molecule has 1 unspecified atom stereocenters. The van der Waals surface area contributed by atoms with Crippen molar-refractivity contribution < 1.29 is 14.1 Å². The Morgan fingerprint density at radius 1 is 1.03 bits per heavy atom. The van der Waals surface area contributed by atoms with Gasteiger partial charge in [-0.05, 0) is 25.0 Å². The molecule has 1 N–H and O–H groups in total. The van der Waals surface area contributed by atoms with Gasteiger partial charge in [0.2, 0.25) is 7.29 Å². The van der Waals surface area contributed by atoms with Crippen molar-refractivity contribution in [3.05, 3.63) is 94.0 Å². The van der Waals surface area contributed by atoms with Crippen molar-refractivity contribution >= 4 is 63.0 Å². The number of esters is 1. The molecule has 9 heteroatoms. The maximum atomic E-state index is 14.0. The molecule has 2 aromatic carbocycles. The summed E-state index contributed by atoms with van der Waals surface area (Å²) in [5.74, 6) is 2.41. The van der Waals surface area contributed by atoms with Gasteiger partial charge in [-0.15, -0.1) is 0 Å². The van der Waals surface area contributed by atoms with Crippen molar-refractivity contribution in [3.63, 3.8) is 0 Å². The summed E-state index contributed by atoms with van der Waals surface area (Å²) in [6, 6.07) is 18.4. The first-order valence-corrected chi connectivity index (χ1v) is 13.1. The van der Waals surface area contributed by atoms with Gasteiger partial charge < -0.3 is 9.82 Å². The zero-order valence-corrected chi connectivity index (χ0v) is 20.6. The van der Waals surface area contributed by atoms with Gasteiger partial charge in [0.25, 0.3) is 0 Å². The average Bonchev–Trinajstić information content (AvgIpc) is 3.14. The van der Waals surface area contributed by atoms with Crippen molar-refractivity contribution in [2.24, 2.45) is 0 Å². The van der Waals surface area contributed by atoms with Crippen molar-refractivity contribution in [2.75, 3.05) is 11.7 Å². The fraction of sp³-hybridized carbons (Fsp3) is 0.130. The van der Waals surface area contributed by atoms with E-state index in [1.54, 1.807) is 13.8 Å². The molecule has 0 saturated heterocycles. The smallest absolute Gasteiger partial charge is 0.350 e. The number of aryl methyl sites for hydroxylation is 1. The van der Waals surface area contributed by atoms with E-state index < -0.39 is 13.3 Å². The monoisotopic (exact) mass is 506 g/mol. The lowest BCUT2D eigenvalue weighted by atomic mass is 10.2. The molecule has 1 heterocycles. The van der Waals surface area contributed by atoms with E-state index in [-0.39, 0.29) is 6.61 Å². The van der Waals surface area contributed by atoms with Crippen LogP contribution in [-0.4, -0.2) is 17.6 Å².